The summed E-state index contributed by atoms with van der Waals surface area (Å²) in [6.45, 7) is 0. The number of thiocarbonyl (C=S) groups is 1. The van der Waals surface area contributed by atoms with E-state index in [9.17, 15) is 0 Å². The molecule has 0 amide bonds. The maximum absolute atomic E-state index is 5.46. The van der Waals surface area contributed by atoms with Crippen molar-refractivity contribution in [2.24, 2.45) is 23.7 Å². The van der Waals surface area contributed by atoms with Crippen molar-refractivity contribution in [3.8, 4) is 0 Å². The van der Waals surface area contributed by atoms with Gasteiger partial charge in [0.25, 0.3) is 0 Å². The van der Waals surface area contributed by atoms with Gasteiger partial charge >= 0.3 is 0 Å². The van der Waals surface area contributed by atoms with Crippen LogP contribution in [0.3, 0.4) is 0 Å². The molecule has 3 heteroatoms. The van der Waals surface area contributed by atoms with Gasteiger partial charge in [0.2, 0.25) is 0 Å². The van der Waals surface area contributed by atoms with Crippen LogP contribution in [0, 0.1) is 23.7 Å². The summed E-state index contributed by atoms with van der Waals surface area (Å²) in [4.78, 5) is 0. The quantitative estimate of drug-likeness (QED) is 0.736. The van der Waals surface area contributed by atoms with E-state index in [1.807, 2.05) is 0 Å². The Morgan fingerprint density at radius 2 is 1.53 bits per heavy atom. The van der Waals surface area contributed by atoms with Crippen molar-refractivity contribution in [2.75, 3.05) is 0 Å². The number of rotatable bonds is 2. The summed E-state index contributed by atoms with van der Waals surface area (Å²) in [5.41, 5.74) is 0. The molecule has 17 heavy (non-hydrogen) atoms. The monoisotopic (exact) mass is 250 g/mol. The van der Waals surface area contributed by atoms with Gasteiger partial charge in [-0.25, -0.2) is 0 Å². The smallest absolute Gasteiger partial charge is 0.166 e. The molecule has 2 bridgehead atoms. The Hall–Kier alpha value is -0.310. The first-order valence-electron chi connectivity index (χ1n) is 7.40. The van der Waals surface area contributed by atoms with Crippen LogP contribution in [0.2, 0.25) is 0 Å². The second-order valence-corrected chi connectivity index (χ2v) is 7.02. The molecule has 0 aliphatic heterocycles. The Labute approximate surface area is 109 Å². The second kappa shape index (κ2) is 3.84. The van der Waals surface area contributed by atoms with Crippen LogP contribution in [0.5, 0.6) is 0 Å². The molecular formula is C14H22N2S. The van der Waals surface area contributed by atoms with E-state index in [0.29, 0.717) is 6.04 Å². The molecule has 0 aromatic carbocycles. The SMILES string of the molecule is S=C(NC1CCCC1)NC1C2C3CCC(C3)C12. The van der Waals surface area contributed by atoms with Gasteiger partial charge in [0.1, 0.15) is 0 Å². The highest BCUT2D eigenvalue weighted by molar-refractivity contribution is 7.80. The molecule has 2 nitrogen and oxygen atoms in total. The van der Waals surface area contributed by atoms with Crippen LogP contribution in [0.15, 0.2) is 0 Å². The summed E-state index contributed by atoms with van der Waals surface area (Å²) in [5, 5.41) is 8.05. The maximum atomic E-state index is 5.46. The lowest BCUT2D eigenvalue weighted by Crippen LogP contribution is -2.43. The average molecular weight is 250 g/mol. The molecular weight excluding hydrogens is 228 g/mol. The minimum absolute atomic E-state index is 0.658. The van der Waals surface area contributed by atoms with Crippen LogP contribution in [0.25, 0.3) is 0 Å². The minimum Gasteiger partial charge on any atom is -0.360 e. The standard InChI is InChI=1S/C14H22N2S/c17-14(15-10-3-1-2-4-10)16-13-11-8-5-6-9(7-8)12(11)13/h8-13H,1-7H2,(H2,15,16,17). The molecule has 4 unspecified atom stereocenters. The predicted molar refractivity (Wildman–Crippen MR) is 72.7 cm³/mol. The Morgan fingerprint density at radius 1 is 0.882 bits per heavy atom. The van der Waals surface area contributed by atoms with Crippen molar-refractivity contribution < 1.29 is 0 Å². The van der Waals surface area contributed by atoms with Crippen molar-refractivity contribution in [2.45, 2.75) is 57.0 Å². The highest BCUT2D eigenvalue weighted by Crippen LogP contribution is 2.65. The van der Waals surface area contributed by atoms with Crippen molar-refractivity contribution >= 4 is 17.3 Å². The minimum atomic E-state index is 0.658. The molecule has 0 aromatic rings. The van der Waals surface area contributed by atoms with Crippen LogP contribution in [-0.4, -0.2) is 17.2 Å². The molecule has 94 valence electrons. The van der Waals surface area contributed by atoms with E-state index < -0.39 is 0 Å². The van der Waals surface area contributed by atoms with Gasteiger partial charge in [0.05, 0.1) is 0 Å². The van der Waals surface area contributed by atoms with Gasteiger partial charge < -0.3 is 10.6 Å². The normalized spacial score (nSPS) is 46.9. The van der Waals surface area contributed by atoms with Crippen LogP contribution in [-0.2, 0) is 0 Å². The third-order valence-corrected chi connectivity index (χ3v) is 5.96. The summed E-state index contributed by atoms with van der Waals surface area (Å²) < 4.78 is 0. The van der Waals surface area contributed by atoms with Crippen LogP contribution >= 0.6 is 12.2 Å². The second-order valence-electron chi connectivity index (χ2n) is 6.61. The van der Waals surface area contributed by atoms with Crippen molar-refractivity contribution in [3.63, 3.8) is 0 Å². The fourth-order valence-corrected chi connectivity index (χ4v) is 5.27. The van der Waals surface area contributed by atoms with Gasteiger partial charge in [0.15, 0.2) is 5.11 Å². The van der Waals surface area contributed by atoms with E-state index in [0.717, 1.165) is 34.8 Å². The first-order chi connectivity index (χ1) is 8.33. The average Bonchev–Trinajstić information content (AvgIpc) is 2.80. The van der Waals surface area contributed by atoms with Gasteiger partial charge in [0, 0.05) is 12.1 Å². The molecule has 0 spiro atoms. The van der Waals surface area contributed by atoms with Gasteiger partial charge in [-0.3, -0.25) is 0 Å². The van der Waals surface area contributed by atoms with E-state index in [2.05, 4.69) is 10.6 Å². The number of fused-ring (bicyclic) bond motifs is 5. The van der Waals surface area contributed by atoms with Crippen molar-refractivity contribution in [1.29, 1.82) is 0 Å². The third-order valence-electron chi connectivity index (χ3n) is 5.72. The molecule has 4 atom stereocenters. The first kappa shape index (κ1) is 10.6. The van der Waals surface area contributed by atoms with E-state index in [4.69, 9.17) is 12.2 Å². The summed E-state index contributed by atoms with van der Waals surface area (Å²) in [5.74, 6) is 4.04. The summed E-state index contributed by atoms with van der Waals surface area (Å²) in [6.07, 6.45) is 9.88. The van der Waals surface area contributed by atoms with Crippen molar-refractivity contribution in [3.05, 3.63) is 0 Å². The lowest BCUT2D eigenvalue weighted by atomic mass is 10.0. The molecule has 4 rings (SSSR count). The first-order valence-corrected chi connectivity index (χ1v) is 7.81. The Kier molecular flexibility index (Phi) is 2.39. The van der Waals surface area contributed by atoms with E-state index in [1.165, 1.54) is 44.9 Å². The lowest BCUT2D eigenvalue weighted by molar-refractivity contribution is 0.456. The molecule has 4 fully saturated rings. The molecule has 4 saturated carbocycles. The van der Waals surface area contributed by atoms with E-state index in [1.54, 1.807) is 0 Å². The highest BCUT2D eigenvalue weighted by atomic mass is 32.1. The molecule has 4 aliphatic carbocycles. The Morgan fingerprint density at radius 3 is 2.18 bits per heavy atom. The van der Waals surface area contributed by atoms with E-state index >= 15 is 0 Å². The number of nitrogens with one attached hydrogen (secondary N) is 2. The largest absolute Gasteiger partial charge is 0.360 e. The summed E-state index contributed by atoms with van der Waals surface area (Å²) in [6, 6.07) is 1.40. The van der Waals surface area contributed by atoms with Gasteiger partial charge in [-0.15, -0.1) is 0 Å². The fourth-order valence-electron chi connectivity index (χ4n) is 4.97. The number of hydrogen-bond donors (Lipinski definition) is 2. The van der Waals surface area contributed by atoms with Crippen LogP contribution in [0.1, 0.15) is 44.9 Å². The Bertz CT molecular complexity index is 321. The zero-order valence-electron chi connectivity index (χ0n) is 10.3. The predicted octanol–water partition coefficient (Wildman–Crippen LogP) is 2.44. The Balaban J connectivity index is 1.30. The molecule has 2 N–H and O–H groups in total. The van der Waals surface area contributed by atoms with Crippen LogP contribution < -0.4 is 10.6 Å². The van der Waals surface area contributed by atoms with Gasteiger partial charge in [-0.05, 0) is 68.0 Å². The topological polar surface area (TPSA) is 24.1 Å². The zero-order chi connectivity index (χ0) is 11.4. The molecule has 0 radical (unpaired) electrons. The summed E-state index contributed by atoms with van der Waals surface area (Å²) >= 11 is 5.46. The van der Waals surface area contributed by atoms with Gasteiger partial charge in [-0.1, -0.05) is 12.8 Å². The zero-order valence-corrected chi connectivity index (χ0v) is 11.1. The maximum Gasteiger partial charge on any atom is 0.166 e. The number of hydrogen-bond acceptors (Lipinski definition) is 1. The van der Waals surface area contributed by atoms with E-state index in [-0.39, 0.29) is 0 Å². The van der Waals surface area contributed by atoms with Gasteiger partial charge in [-0.2, -0.15) is 0 Å². The molecule has 0 saturated heterocycles. The summed E-state index contributed by atoms with van der Waals surface area (Å²) in [7, 11) is 0. The third kappa shape index (κ3) is 1.69. The fraction of sp³-hybridized carbons (Fsp3) is 0.929. The highest BCUT2D eigenvalue weighted by Gasteiger charge is 2.65. The van der Waals surface area contributed by atoms with Crippen molar-refractivity contribution in [1.82, 2.24) is 10.6 Å². The van der Waals surface area contributed by atoms with Crippen LogP contribution in [0.4, 0.5) is 0 Å². The molecule has 4 aliphatic rings. The molecule has 0 aromatic heterocycles. The lowest BCUT2D eigenvalue weighted by Gasteiger charge is -2.17. The molecule has 0 heterocycles.